The first-order valence-corrected chi connectivity index (χ1v) is 6.69. The van der Waals surface area contributed by atoms with Crippen molar-refractivity contribution >= 4 is 11.8 Å². The Labute approximate surface area is 122 Å². The topological polar surface area (TPSA) is 91.2 Å². The molecule has 1 atom stereocenters. The molecule has 2 N–H and O–H groups in total. The lowest BCUT2D eigenvalue weighted by Crippen LogP contribution is -2.39. The summed E-state index contributed by atoms with van der Waals surface area (Å²) in [6.07, 6.45) is 5.47. The summed E-state index contributed by atoms with van der Waals surface area (Å²) in [5, 5.41) is 2.84. The Bertz CT molecular complexity index is 577. The SMILES string of the molecule is CCC(NC(=O)CN(C)C(=O)c1ccco1)c1ncc[nH]1. The molecule has 2 heterocycles. The number of amides is 2. The molecule has 112 valence electrons. The third kappa shape index (κ3) is 3.71. The van der Waals surface area contributed by atoms with Gasteiger partial charge in [0.25, 0.3) is 5.91 Å². The first-order chi connectivity index (χ1) is 10.1. The predicted octanol–water partition coefficient (Wildman–Crippen LogP) is 1.34. The minimum absolute atomic E-state index is 0.0449. The maximum absolute atomic E-state index is 12.0. The van der Waals surface area contributed by atoms with Crippen LogP contribution in [-0.4, -0.2) is 40.3 Å². The Balaban J connectivity index is 1.90. The summed E-state index contributed by atoms with van der Waals surface area (Å²) < 4.78 is 5.02. The Morgan fingerprint density at radius 3 is 2.90 bits per heavy atom. The number of nitrogens with zero attached hydrogens (tertiary/aromatic N) is 2. The summed E-state index contributed by atoms with van der Waals surface area (Å²) in [5.74, 6) is 0.330. The number of hydrogen-bond donors (Lipinski definition) is 2. The molecule has 7 heteroatoms. The Hall–Kier alpha value is -2.57. The molecule has 0 aromatic carbocycles. The maximum atomic E-state index is 12.0. The second kappa shape index (κ2) is 6.74. The van der Waals surface area contributed by atoms with Gasteiger partial charge in [0.15, 0.2) is 5.76 Å². The molecule has 0 saturated heterocycles. The van der Waals surface area contributed by atoms with Crippen molar-refractivity contribution < 1.29 is 14.0 Å². The fraction of sp³-hybridized carbons (Fsp3) is 0.357. The fourth-order valence-corrected chi connectivity index (χ4v) is 1.95. The van der Waals surface area contributed by atoms with Crippen molar-refractivity contribution in [3.8, 4) is 0 Å². The zero-order valence-electron chi connectivity index (χ0n) is 12.0. The van der Waals surface area contributed by atoms with Crippen molar-refractivity contribution in [1.29, 1.82) is 0 Å². The molecule has 0 bridgehead atoms. The highest BCUT2D eigenvalue weighted by Gasteiger charge is 2.20. The molecule has 1 unspecified atom stereocenters. The molecule has 2 aromatic rings. The van der Waals surface area contributed by atoms with Gasteiger partial charge < -0.3 is 19.6 Å². The van der Waals surface area contributed by atoms with Crippen LogP contribution in [0.15, 0.2) is 35.2 Å². The second-order valence-electron chi connectivity index (χ2n) is 4.64. The van der Waals surface area contributed by atoms with Gasteiger partial charge in [-0.1, -0.05) is 6.92 Å². The van der Waals surface area contributed by atoms with Crippen molar-refractivity contribution in [3.63, 3.8) is 0 Å². The number of aromatic amines is 1. The highest BCUT2D eigenvalue weighted by molar-refractivity contribution is 5.94. The summed E-state index contributed by atoms with van der Waals surface area (Å²) in [7, 11) is 1.55. The van der Waals surface area contributed by atoms with Gasteiger partial charge in [0.2, 0.25) is 5.91 Å². The molecule has 0 saturated carbocycles. The predicted molar refractivity (Wildman–Crippen MR) is 75.4 cm³/mol. The van der Waals surface area contributed by atoms with Gasteiger partial charge in [0, 0.05) is 19.4 Å². The molecule has 0 fully saturated rings. The number of carbonyl (C=O) groups excluding carboxylic acids is 2. The van der Waals surface area contributed by atoms with Crippen molar-refractivity contribution in [2.24, 2.45) is 0 Å². The molecule has 0 spiro atoms. The summed E-state index contributed by atoms with van der Waals surface area (Å²) in [4.78, 5) is 32.4. The van der Waals surface area contributed by atoms with Crippen LogP contribution in [0, 0.1) is 0 Å². The Morgan fingerprint density at radius 2 is 2.33 bits per heavy atom. The first-order valence-electron chi connectivity index (χ1n) is 6.69. The van der Waals surface area contributed by atoms with E-state index in [9.17, 15) is 9.59 Å². The van der Waals surface area contributed by atoms with E-state index in [1.807, 2.05) is 6.92 Å². The van der Waals surface area contributed by atoms with Gasteiger partial charge in [-0.25, -0.2) is 4.98 Å². The van der Waals surface area contributed by atoms with Gasteiger partial charge in [-0.2, -0.15) is 0 Å². The van der Waals surface area contributed by atoms with Gasteiger partial charge in [-0.3, -0.25) is 9.59 Å². The van der Waals surface area contributed by atoms with Gasteiger partial charge in [-0.05, 0) is 18.6 Å². The van der Waals surface area contributed by atoms with E-state index in [1.54, 1.807) is 31.6 Å². The van der Waals surface area contributed by atoms with E-state index in [0.717, 1.165) is 0 Å². The normalized spacial score (nSPS) is 11.9. The number of H-pyrrole nitrogens is 1. The number of carbonyl (C=O) groups is 2. The molecule has 0 aliphatic heterocycles. The largest absolute Gasteiger partial charge is 0.459 e. The van der Waals surface area contributed by atoms with Crippen LogP contribution in [0.25, 0.3) is 0 Å². The van der Waals surface area contributed by atoms with Crippen molar-refractivity contribution in [3.05, 3.63) is 42.4 Å². The van der Waals surface area contributed by atoms with E-state index < -0.39 is 0 Å². The van der Waals surface area contributed by atoms with Crippen LogP contribution in [0.1, 0.15) is 35.8 Å². The first kappa shape index (κ1) is 14.8. The number of likely N-dealkylation sites (N-methyl/N-ethyl adjacent to an activating group) is 1. The van der Waals surface area contributed by atoms with Gasteiger partial charge in [0.05, 0.1) is 18.8 Å². The average Bonchev–Trinajstić information content (AvgIpc) is 3.16. The minimum atomic E-state index is -0.332. The number of imidazole rings is 1. The monoisotopic (exact) mass is 290 g/mol. The number of nitrogens with one attached hydrogen (secondary N) is 2. The lowest BCUT2D eigenvalue weighted by molar-refractivity contribution is -0.122. The van der Waals surface area contributed by atoms with E-state index in [-0.39, 0.29) is 30.2 Å². The summed E-state index contributed by atoms with van der Waals surface area (Å²) in [6.45, 7) is 1.90. The van der Waals surface area contributed by atoms with Crippen molar-refractivity contribution in [2.45, 2.75) is 19.4 Å². The molecule has 2 amide bonds. The molecular weight excluding hydrogens is 272 g/mol. The van der Waals surface area contributed by atoms with E-state index >= 15 is 0 Å². The zero-order valence-corrected chi connectivity index (χ0v) is 12.0. The van der Waals surface area contributed by atoms with Crippen molar-refractivity contribution in [2.75, 3.05) is 13.6 Å². The molecule has 0 aliphatic carbocycles. The summed E-state index contributed by atoms with van der Waals surface area (Å²) in [5.41, 5.74) is 0. The maximum Gasteiger partial charge on any atom is 0.289 e. The quantitative estimate of drug-likeness (QED) is 0.840. The number of aromatic nitrogens is 2. The van der Waals surface area contributed by atoms with Gasteiger partial charge >= 0.3 is 0 Å². The van der Waals surface area contributed by atoms with Crippen LogP contribution in [-0.2, 0) is 4.79 Å². The standard InChI is InChI=1S/C14H18N4O3/c1-3-10(13-15-6-7-16-13)17-12(19)9-18(2)14(20)11-5-4-8-21-11/h4-8,10H,3,9H2,1-2H3,(H,15,16)(H,17,19). The van der Waals surface area contributed by atoms with Crippen molar-refractivity contribution in [1.82, 2.24) is 20.2 Å². The third-order valence-electron chi connectivity index (χ3n) is 3.05. The molecular formula is C14H18N4O3. The Morgan fingerprint density at radius 1 is 1.52 bits per heavy atom. The van der Waals surface area contributed by atoms with Crippen LogP contribution < -0.4 is 5.32 Å². The molecule has 2 rings (SSSR count). The fourth-order valence-electron chi connectivity index (χ4n) is 1.95. The Kier molecular flexibility index (Phi) is 4.76. The summed E-state index contributed by atoms with van der Waals surface area (Å²) >= 11 is 0. The second-order valence-corrected chi connectivity index (χ2v) is 4.64. The average molecular weight is 290 g/mol. The third-order valence-corrected chi connectivity index (χ3v) is 3.05. The molecule has 7 nitrogen and oxygen atoms in total. The minimum Gasteiger partial charge on any atom is -0.459 e. The lowest BCUT2D eigenvalue weighted by Gasteiger charge is -2.19. The van der Waals surface area contributed by atoms with Gasteiger partial charge in [0.1, 0.15) is 5.82 Å². The van der Waals surface area contributed by atoms with Crippen LogP contribution in [0.2, 0.25) is 0 Å². The summed E-state index contributed by atoms with van der Waals surface area (Å²) in [6, 6.07) is 3.00. The smallest absolute Gasteiger partial charge is 0.289 e. The van der Waals surface area contributed by atoms with Crippen LogP contribution >= 0.6 is 0 Å². The van der Waals surface area contributed by atoms with E-state index in [0.29, 0.717) is 12.2 Å². The molecule has 0 aliphatic rings. The number of rotatable bonds is 6. The molecule has 0 radical (unpaired) electrons. The van der Waals surface area contributed by atoms with E-state index in [4.69, 9.17) is 4.42 Å². The number of furan rings is 1. The lowest BCUT2D eigenvalue weighted by atomic mass is 10.2. The van der Waals surface area contributed by atoms with Crippen LogP contribution in [0.3, 0.4) is 0 Å². The molecule has 2 aromatic heterocycles. The highest BCUT2D eigenvalue weighted by atomic mass is 16.3. The van der Waals surface area contributed by atoms with E-state index in [1.165, 1.54) is 11.2 Å². The van der Waals surface area contributed by atoms with Crippen LogP contribution in [0.5, 0.6) is 0 Å². The van der Waals surface area contributed by atoms with E-state index in [2.05, 4.69) is 15.3 Å². The zero-order chi connectivity index (χ0) is 15.2. The van der Waals surface area contributed by atoms with Crippen LogP contribution in [0.4, 0.5) is 0 Å². The highest BCUT2D eigenvalue weighted by Crippen LogP contribution is 2.11. The number of hydrogen-bond acceptors (Lipinski definition) is 4. The van der Waals surface area contributed by atoms with Gasteiger partial charge in [-0.15, -0.1) is 0 Å². The molecule has 21 heavy (non-hydrogen) atoms.